The van der Waals surface area contributed by atoms with Crippen molar-refractivity contribution < 1.29 is 4.79 Å². The molecule has 1 amide bonds. The minimum absolute atomic E-state index is 0.0570. The van der Waals surface area contributed by atoms with Crippen molar-refractivity contribution in [1.82, 2.24) is 14.5 Å². The summed E-state index contributed by atoms with van der Waals surface area (Å²) < 4.78 is 1.89. The Morgan fingerprint density at radius 3 is 2.40 bits per heavy atom. The average Bonchev–Trinajstić information content (AvgIpc) is 2.83. The maximum Gasteiger partial charge on any atom is 0.274 e. The van der Waals surface area contributed by atoms with Gasteiger partial charge in [-0.3, -0.25) is 4.79 Å². The predicted octanol–water partition coefficient (Wildman–Crippen LogP) is 2.89. The van der Waals surface area contributed by atoms with Crippen LogP contribution >= 0.6 is 0 Å². The van der Waals surface area contributed by atoms with E-state index in [1.54, 1.807) is 6.33 Å². The molecule has 4 heteroatoms. The summed E-state index contributed by atoms with van der Waals surface area (Å²) in [5.74, 6) is 0.0570. The summed E-state index contributed by atoms with van der Waals surface area (Å²) in [6.07, 6.45) is 8.18. The van der Waals surface area contributed by atoms with Crippen molar-refractivity contribution in [3.8, 4) is 5.69 Å². The molecular weight excluding hydrogens is 250 g/mol. The third-order valence-electron chi connectivity index (χ3n) is 3.75. The molecule has 2 aromatic rings. The lowest BCUT2D eigenvalue weighted by atomic mass is 10.2. The maximum atomic E-state index is 12.4. The van der Waals surface area contributed by atoms with E-state index in [0.29, 0.717) is 5.69 Å². The molecule has 0 spiro atoms. The van der Waals surface area contributed by atoms with E-state index in [1.807, 2.05) is 46.0 Å². The van der Waals surface area contributed by atoms with E-state index in [0.717, 1.165) is 31.6 Å². The van der Waals surface area contributed by atoms with Gasteiger partial charge in [0.25, 0.3) is 5.91 Å². The first-order chi connectivity index (χ1) is 9.84. The Hall–Kier alpha value is -2.10. The van der Waals surface area contributed by atoms with Crippen LogP contribution in [0.25, 0.3) is 5.69 Å². The minimum atomic E-state index is 0.0570. The monoisotopic (exact) mass is 269 g/mol. The molecule has 20 heavy (non-hydrogen) atoms. The van der Waals surface area contributed by atoms with Crippen LogP contribution in [0.3, 0.4) is 0 Å². The predicted molar refractivity (Wildman–Crippen MR) is 77.9 cm³/mol. The molecule has 1 aromatic heterocycles. The fourth-order valence-electron chi connectivity index (χ4n) is 2.61. The zero-order valence-corrected chi connectivity index (χ0v) is 11.5. The van der Waals surface area contributed by atoms with Crippen molar-refractivity contribution in [2.45, 2.75) is 25.7 Å². The van der Waals surface area contributed by atoms with Gasteiger partial charge in [-0.25, -0.2) is 4.98 Å². The number of carbonyl (C=O) groups is 1. The SMILES string of the molecule is O=C(c1cn(-c2ccccc2)cn1)N1CCCCCC1. The Morgan fingerprint density at radius 1 is 1.00 bits per heavy atom. The molecule has 1 fully saturated rings. The van der Waals surface area contributed by atoms with Gasteiger partial charge < -0.3 is 9.47 Å². The smallest absolute Gasteiger partial charge is 0.274 e. The van der Waals surface area contributed by atoms with Gasteiger partial charge in [0, 0.05) is 25.0 Å². The van der Waals surface area contributed by atoms with Crippen LogP contribution < -0.4 is 0 Å². The van der Waals surface area contributed by atoms with E-state index in [4.69, 9.17) is 0 Å². The average molecular weight is 269 g/mol. The first kappa shape index (κ1) is 12.9. The lowest BCUT2D eigenvalue weighted by Crippen LogP contribution is -2.32. The number of amides is 1. The maximum absolute atomic E-state index is 12.4. The minimum Gasteiger partial charge on any atom is -0.337 e. The molecule has 1 aliphatic heterocycles. The second-order valence-electron chi connectivity index (χ2n) is 5.21. The van der Waals surface area contributed by atoms with Crippen LogP contribution in [0.15, 0.2) is 42.9 Å². The number of nitrogens with zero attached hydrogens (tertiary/aromatic N) is 3. The summed E-state index contributed by atoms with van der Waals surface area (Å²) in [4.78, 5) is 18.7. The quantitative estimate of drug-likeness (QED) is 0.840. The van der Waals surface area contributed by atoms with Gasteiger partial charge in [-0.15, -0.1) is 0 Å². The van der Waals surface area contributed by atoms with Crippen molar-refractivity contribution in [1.29, 1.82) is 0 Å². The van der Waals surface area contributed by atoms with Crippen molar-refractivity contribution in [3.63, 3.8) is 0 Å². The third kappa shape index (κ3) is 2.74. The van der Waals surface area contributed by atoms with Gasteiger partial charge in [0.15, 0.2) is 0 Å². The second kappa shape index (κ2) is 5.90. The Balaban J connectivity index is 1.77. The summed E-state index contributed by atoms with van der Waals surface area (Å²) in [7, 11) is 0. The molecule has 3 rings (SSSR count). The van der Waals surface area contributed by atoms with Gasteiger partial charge in [0.2, 0.25) is 0 Å². The number of para-hydroxylation sites is 1. The lowest BCUT2D eigenvalue weighted by molar-refractivity contribution is 0.0756. The first-order valence-corrected chi connectivity index (χ1v) is 7.23. The lowest BCUT2D eigenvalue weighted by Gasteiger charge is -2.18. The summed E-state index contributed by atoms with van der Waals surface area (Å²) in [6, 6.07) is 9.94. The van der Waals surface area contributed by atoms with Crippen molar-refractivity contribution in [3.05, 3.63) is 48.5 Å². The molecule has 0 aliphatic carbocycles. The van der Waals surface area contributed by atoms with E-state index in [2.05, 4.69) is 4.98 Å². The highest BCUT2D eigenvalue weighted by molar-refractivity contribution is 5.92. The molecule has 0 unspecified atom stereocenters. The number of rotatable bonds is 2. The summed E-state index contributed by atoms with van der Waals surface area (Å²) >= 11 is 0. The second-order valence-corrected chi connectivity index (χ2v) is 5.21. The number of hydrogen-bond donors (Lipinski definition) is 0. The van der Waals surface area contributed by atoms with Crippen LogP contribution in [-0.2, 0) is 0 Å². The van der Waals surface area contributed by atoms with Gasteiger partial charge in [-0.2, -0.15) is 0 Å². The Labute approximate surface area is 119 Å². The number of likely N-dealkylation sites (tertiary alicyclic amines) is 1. The van der Waals surface area contributed by atoms with E-state index in [-0.39, 0.29) is 5.91 Å². The molecule has 104 valence electrons. The molecule has 0 radical (unpaired) electrons. The van der Waals surface area contributed by atoms with Gasteiger partial charge in [0.1, 0.15) is 12.0 Å². The van der Waals surface area contributed by atoms with Crippen LogP contribution in [0.2, 0.25) is 0 Å². The normalized spacial score (nSPS) is 15.9. The van der Waals surface area contributed by atoms with E-state index >= 15 is 0 Å². The molecule has 0 atom stereocenters. The van der Waals surface area contributed by atoms with E-state index in [9.17, 15) is 4.79 Å². The van der Waals surface area contributed by atoms with Crippen molar-refractivity contribution in [2.75, 3.05) is 13.1 Å². The van der Waals surface area contributed by atoms with Gasteiger partial charge in [-0.05, 0) is 25.0 Å². The van der Waals surface area contributed by atoms with Crippen LogP contribution in [-0.4, -0.2) is 33.4 Å². The number of aromatic nitrogens is 2. The van der Waals surface area contributed by atoms with E-state index < -0.39 is 0 Å². The van der Waals surface area contributed by atoms with Gasteiger partial charge in [-0.1, -0.05) is 31.0 Å². The molecule has 2 heterocycles. The highest BCUT2D eigenvalue weighted by atomic mass is 16.2. The number of hydrogen-bond acceptors (Lipinski definition) is 2. The fraction of sp³-hybridized carbons (Fsp3) is 0.375. The highest BCUT2D eigenvalue weighted by Crippen LogP contribution is 2.14. The van der Waals surface area contributed by atoms with Gasteiger partial charge in [0.05, 0.1) is 0 Å². The topological polar surface area (TPSA) is 38.1 Å². The molecule has 1 aromatic carbocycles. The Bertz CT molecular complexity index is 568. The molecule has 1 aliphatic rings. The summed E-state index contributed by atoms with van der Waals surface area (Å²) in [5.41, 5.74) is 1.56. The molecule has 4 nitrogen and oxygen atoms in total. The molecule has 0 bridgehead atoms. The molecule has 1 saturated heterocycles. The zero-order chi connectivity index (χ0) is 13.8. The number of carbonyl (C=O) groups excluding carboxylic acids is 1. The molecule has 0 saturated carbocycles. The summed E-state index contributed by atoms with van der Waals surface area (Å²) in [6.45, 7) is 1.72. The zero-order valence-electron chi connectivity index (χ0n) is 11.5. The van der Waals surface area contributed by atoms with E-state index in [1.165, 1.54) is 12.8 Å². The van der Waals surface area contributed by atoms with Crippen LogP contribution in [0.1, 0.15) is 36.2 Å². The highest BCUT2D eigenvalue weighted by Gasteiger charge is 2.19. The Morgan fingerprint density at radius 2 is 1.70 bits per heavy atom. The first-order valence-electron chi connectivity index (χ1n) is 7.23. The van der Waals surface area contributed by atoms with Gasteiger partial charge >= 0.3 is 0 Å². The van der Waals surface area contributed by atoms with Crippen molar-refractivity contribution >= 4 is 5.91 Å². The molecule has 0 N–H and O–H groups in total. The fourth-order valence-corrected chi connectivity index (χ4v) is 2.61. The summed E-state index contributed by atoms with van der Waals surface area (Å²) in [5, 5.41) is 0. The van der Waals surface area contributed by atoms with Crippen LogP contribution in [0.5, 0.6) is 0 Å². The number of imidazole rings is 1. The van der Waals surface area contributed by atoms with Crippen molar-refractivity contribution in [2.24, 2.45) is 0 Å². The molecular formula is C16H19N3O. The Kier molecular flexibility index (Phi) is 3.81. The number of benzene rings is 1. The third-order valence-corrected chi connectivity index (χ3v) is 3.75. The largest absolute Gasteiger partial charge is 0.337 e. The van der Waals surface area contributed by atoms with Crippen LogP contribution in [0.4, 0.5) is 0 Å². The van der Waals surface area contributed by atoms with Crippen LogP contribution in [0, 0.1) is 0 Å². The standard InChI is InChI=1S/C16H19N3O/c20-16(18-10-6-1-2-7-11-18)15-12-19(13-17-15)14-8-4-3-5-9-14/h3-5,8-9,12-13H,1-2,6-7,10-11H2.